The number of fused-ring (bicyclic) bond motifs is 1. The van der Waals surface area contributed by atoms with Crippen LogP contribution in [0.25, 0.3) is 10.9 Å². The summed E-state index contributed by atoms with van der Waals surface area (Å²) in [5.74, 6) is 0.241. The molecule has 2 aromatic rings. The molecule has 0 aliphatic carbocycles. The van der Waals surface area contributed by atoms with Gasteiger partial charge in [-0.2, -0.15) is 0 Å². The normalized spacial score (nSPS) is 10.5. The Labute approximate surface area is 97.8 Å². The number of primary amides is 1. The van der Waals surface area contributed by atoms with Crippen molar-refractivity contribution in [3.63, 3.8) is 0 Å². The number of amides is 1. The SMILES string of the molecule is Cc1ccc2cc(CO)c(OC(N)=O)cc2n1. The number of aryl methyl sites for hydroxylation is 1. The van der Waals surface area contributed by atoms with Gasteiger partial charge in [0.05, 0.1) is 12.1 Å². The first-order chi connectivity index (χ1) is 8.10. The second kappa shape index (κ2) is 4.39. The highest BCUT2D eigenvalue weighted by Crippen LogP contribution is 2.25. The van der Waals surface area contributed by atoms with Crippen LogP contribution in [0.2, 0.25) is 0 Å². The van der Waals surface area contributed by atoms with Gasteiger partial charge >= 0.3 is 6.09 Å². The minimum Gasteiger partial charge on any atom is -0.410 e. The molecular weight excluding hydrogens is 220 g/mol. The van der Waals surface area contributed by atoms with Gasteiger partial charge in [0.1, 0.15) is 5.75 Å². The number of aliphatic hydroxyl groups excluding tert-OH is 1. The van der Waals surface area contributed by atoms with E-state index in [1.54, 1.807) is 12.1 Å². The van der Waals surface area contributed by atoms with Crippen LogP contribution in [-0.2, 0) is 6.61 Å². The lowest BCUT2D eigenvalue weighted by atomic mass is 10.1. The predicted molar refractivity (Wildman–Crippen MR) is 62.6 cm³/mol. The second-order valence-corrected chi connectivity index (χ2v) is 3.68. The summed E-state index contributed by atoms with van der Waals surface area (Å²) in [7, 11) is 0. The zero-order valence-corrected chi connectivity index (χ0v) is 9.30. The molecule has 1 heterocycles. The Morgan fingerprint density at radius 2 is 2.24 bits per heavy atom. The predicted octanol–water partition coefficient (Wildman–Crippen LogP) is 1.49. The lowest BCUT2D eigenvalue weighted by molar-refractivity contribution is 0.208. The van der Waals surface area contributed by atoms with Crippen LogP contribution in [0.1, 0.15) is 11.3 Å². The molecule has 0 aliphatic rings. The number of hydrogen-bond acceptors (Lipinski definition) is 4. The number of benzene rings is 1. The summed E-state index contributed by atoms with van der Waals surface area (Å²) < 4.78 is 4.82. The van der Waals surface area contributed by atoms with E-state index in [1.165, 1.54) is 0 Å². The molecule has 0 aliphatic heterocycles. The number of rotatable bonds is 2. The third-order valence-electron chi connectivity index (χ3n) is 2.39. The van der Waals surface area contributed by atoms with Gasteiger partial charge in [-0.05, 0) is 19.1 Å². The largest absolute Gasteiger partial charge is 0.410 e. The van der Waals surface area contributed by atoms with Crippen LogP contribution in [0.3, 0.4) is 0 Å². The van der Waals surface area contributed by atoms with Crippen molar-refractivity contribution in [2.24, 2.45) is 5.73 Å². The number of carbonyl (C=O) groups excluding carboxylic acids is 1. The van der Waals surface area contributed by atoms with E-state index >= 15 is 0 Å². The van der Waals surface area contributed by atoms with Crippen LogP contribution in [0, 0.1) is 6.92 Å². The van der Waals surface area contributed by atoms with Crippen molar-refractivity contribution in [2.75, 3.05) is 0 Å². The first kappa shape index (κ1) is 11.3. The number of hydrogen-bond donors (Lipinski definition) is 2. The fraction of sp³-hybridized carbons (Fsp3) is 0.167. The molecule has 88 valence electrons. The third kappa shape index (κ3) is 2.34. The summed E-state index contributed by atoms with van der Waals surface area (Å²) >= 11 is 0. The first-order valence-electron chi connectivity index (χ1n) is 5.08. The molecule has 1 aromatic heterocycles. The monoisotopic (exact) mass is 232 g/mol. The number of nitrogens with zero attached hydrogens (tertiary/aromatic N) is 1. The van der Waals surface area contributed by atoms with Gasteiger partial charge in [0.15, 0.2) is 0 Å². The Morgan fingerprint density at radius 3 is 2.88 bits per heavy atom. The van der Waals surface area contributed by atoms with Crippen LogP contribution in [0.15, 0.2) is 24.3 Å². The molecule has 2 rings (SSSR count). The number of ether oxygens (including phenoxy) is 1. The lowest BCUT2D eigenvalue weighted by Crippen LogP contribution is -2.17. The Kier molecular flexibility index (Phi) is 2.93. The van der Waals surface area contributed by atoms with Gasteiger partial charge in [-0.15, -0.1) is 0 Å². The molecule has 0 radical (unpaired) electrons. The molecule has 0 spiro atoms. The first-order valence-corrected chi connectivity index (χ1v) is 5.08. The molecule has 0 saturated heterocycles. The molecule has 17 heavy (non-hydrogen) atoms. The molecule has 0 unspecified atom stereocenters. The van der Waals surface area contributed by atoms with Gasteiger partial charge in [-0.3, -0.25) is 4.98 Å². The number of aliphatic hydroxyl groups is 1. The van der Waals surface area contributed by atoms with Gasteiger partial charge in [0.2, 0.25) is 0 Å². The van der Waals surface area contributed by atoms with E-state index in [4.69, 9.17) is 10.5 Å². The fourth-order valence-corrected chi connectivity index (χ4v) is 1.63. The fourth-order valence-electron chi connectivity index (χ4n) is 1.63. The topological polar surface area (TPSA) is 85.4 Å². The number of aromatic nitrogens is 1. The summed E-state index contributed by atoms with van der Waals surface area (Å²) in [4.78, 5) is 15.0. The molecule has 3 N–H and O–H groups in total. The smallest absolute Gasteiger partial charge is 0.409 e. The molecule has 5 heteroatoms. The van der Waals surface area contributed by atoms with E-state index in [0.29, 0.717) is 11.1 Å². The summed E-state index contributed by atoms with van der Waals surface area (Å²) in [5, 5.41) is 10.1. The average molecular weight is 232 g/mol. The van der Waals surface area contributed by atoms with E-state index in [0.717, 1.165) is 11.1 Å². The number of carbonyl (C=O) groups is 1. The van der Waals surface area contributed by atoms with E-state index in [1.807, 2.05) is 19.1 Å². The van der Waals surface area contributed by atoms with Crippen molar-refractivity contribution < 1.29 is 14.6 Å². The van der Waals surface area contributed by atoms with Gasteiger partial charge in [0.25, 0.3) is 0 Å². The highest BCUT2D eigenvalue weighted by atomic mass is 16.5. The zero-order chi connectivity index (χ0) is 12.4. The van der Waals surface area contributed by atoms with E-state index in [9.17, 15) is 9.90 Å². The van der Waals surface area contributed by atoms with Crippen molar-refractivity contribution >= 4 is 17.0 Å². The van der Waals surface area contributed by atoms with E-state index < -0.39 is 6.09 Å². The van der Waals surface area contributed by atoms with Gasteiger partial charge in [-0.25, -0.2) is 4.79 Å². The Bertz CT molecular complexity index is 581. The molecule has 0 fully saturated rings. The van der Waals surface area contributed by atoms with E-state index in [-0.39, 0.29) is 12.4 Å². The van der Waals surface area contributed by atoms with Crippen LogP contribution in [0.4, 0.5) is 4.79 Å². The van der Waals surface area contributed by atoms with Crippen molar-refractivity contribution in [1.82, 2.24) is 4.98 Å². The second-order valence-electron chi connectivity index (χ2n) is 3.68. The quantitative estimate of drug-likeness (QED) is 0.821. The van der Waals surface area contributed by atoms with Crippen LogP contribution >= 0.6 is 0 Å². The molecule has 0 bridgehead atoms. The number of pyridine rings is 1. The van der Waals surface area contributed by atoms with Gasteiger partial charge in [-0.1, -0.05) is 6.07 Å². The summed E-state index contributed by atoms with van der Waals surface area (Å²) in [6.45, 7) is 1.64. The average Bonchev–Trinajstić information content (AvgIpc) is 2.27. The minimum absolute atomic E-state index is 0.230. The summed E-state index contributed by atoms with van der Waals surface area (Å²) in [6.07, 6.45) is -0.910. The lowest BCUT2D eigenvalue weighted by Gasteiger charge is -2.08. The molecule has 1 amide bonds. The molecule has 0 atom stereocenters. The Balaban J connectivity index is 2.60. The van der Waals surface area contributed by atoms with Crippen molar-refractivity contribution in [3.8, 4) is 5.75 Å². The Hall–Kier alpha value is -2.14. The maximum atomic E-state index is 10.7. The van der Waals surface area contributed by atoms with Crippen molar-refractivity contribution in [2.45, 2.75) is 13.5 Å². The van der Waals surface area contributed by atoms with Crippen molar-refractivity contribution in [3.05, 3.63) is 35.5 Å². The summed E-state index contributed by atoms with van der Waals surface area (Å²) in [6, 6.07) is 7.08. The highest BCUT2D eigenvalue weighted by Gasteiger charge is 2.09. The Morgan fingerprint density at radius 1 is 1.47 bits per heavy atom. The van der Waals surface area contributed by atoms with Gasteiger partial charge in [0, 0.05) is 22.7 Å². The standard InChI is InChI=1S/C12H12N2O3/c1-7-2-3-8-4-9(6-15)11(17-12(13)16)5-10(8)14-7/h2-5,15H,6H2,1H3,(H2,13,16). The molecule has 5 nitrogen and oxygen atoms in total. The molecule has 0 saturated carbocycles. The molecular formula is C12H12N2O3. The third-order valence-corrected chi connectivity index (χ3v) is 2.39. The summed E-state index contributed by atoms with van der Waals surface area (Å²) in [5.41, 5.74) is 7.01. The van der Waals surface area contributed by atoms with E-state index in [2.05, 4.69) is 4.98 Å². The maximum absolute atomic E-state index is 10.7. The minimum atomic E-state index is -0.910. The van der Waals surface area contributed by atoms with Crippen LogP contribution in [-0.4, -0.2) is 16.2 Å². The van der Waals surface area contributed by atoms with Gasteiger partial charge < -0.3 is 15.6 Å². The van der Waals surface area contributed by atoms with Crippen molar-refractivity contribution in [1.29, 1.82) is 0 Å². The number of nitrogens with two attached hydrogens (primary N) is 1. The highest BCUT2D eigenvalue weighted by molar-refractivity contribution is 5.82. The zero-order valence-electron chi connectivity index (χ0n) is 9.30. The maximum Gasteiger partial charge on any atom is 0.409 e. The van der Waals surface area contributed by atoms with Crippen LogP contribution < -0.4 is 10.5 Å². The molecule has 1 aromatic carbocycles. The van der Waals surface area contributed by atoms with Crippen LogP contribution in [0.5, 0.6) is 5.75 Å².